The number of amides is 1. The van der Waals surface area contributed by atoms with Crippen molar-refractivity contribution in [3.63, 3.8) is 0 Å². The third kappa shape index (κ3) is 6.63. The lowest BCUT2D eigenvalue weighted by Crippen LogP contribution is -2.28. The Morgan fingerprint density at radius 2 is 1.61 bits per heavy atom. The average molecular weight is 313 g/mol. The van der Waals surface area contributed by atoms with Gasteiger partial charge in [0.1, 0.15) is 0 Å². The first-order valence-corrected chi connectivity index (χ1v) is 7.81. The number of ether oxygens (including phenoxy) is 1. The van der Waals surface area contributed by atoms with E-state index in [1.54, 1.807) is 0 Å². The normalized spacial score (nSPS) is 11.9. The van der Waals surface area contributed by atoms with Gasteiger partial charge >= 0.3 is 0 Å². The maximum Gasteiger partial charge on any atom is 0.220 e. The zero-order valence-corrected chi connectivity index (χ0v) is 13.2. The molecule has 1 amide bonds. The lowest BCUT2D eigenvalue weighted by atomic mass is 10.1. The van der Waals surface area contributed by atoms with Crippen molar-refractivity contribution in [1.29, 1.82) is 0 Å². The van der Waals surface area contributed by atoms with Crippen molar-refractivity contribution in [3.8, 4) is 0 Å². The minimum Gasteiger partial charge on any atom is -0.396 e. The van der Waals surface area contributed by atoms with Crippen molar-refractivity contribution >= 4 is 5.91 Å². The molecule has 0 saturated heterocycles. The van der Waals surface area contributed by atoms with Gasteiger partial charge in [0.25, 0.3) is 0 Å². The summed E-state index contributed by atoms with van der Waals surface area (Å²) in [4.78, 5) is 11.9. The number of carbonyl (C=O) groups excluding carboxylic acids is 1. The third-order valence-electron chi connectivity index (χ3n) is 3.53. The predicted molar refractivity (Wildman–Crippen MR) is 89.6 cm³/mol. The largest absolute Gasteiger partial charge is 0.396 e. The van der Waals surface area contributed by atoms with E-state index in [1.165, 1.54) is 0 Å². The maximum absolute atomic E-state index is 11.9. The minimum atomic E-state index is -0.186. The molecule has 0 aliphatic rings. The lowest BCUT2D eigenvalue weighted by Gasteiger charge is -2.14. The highest BCUT2D eigenvalue weighted by molar-refractivity contribution is 5.76. The number of aliphatic hydroxyl groups is 1. The Bertz CT molecular complexity index is 572. The van der Waals surface area contributed by atoms with Crippen LogP contribution in [0.25, 0.3) is 0 Å². The fourth-order valence-corrected chi connectivity index (χ4v) is 2.22. The van der Waals surface area contributed by atoms with E-state index in [9.17, 15) is 9.90 Å². The number of hydrogen-bond acceptors (Lipinski definition) is 3. The molecule has 2 aromatic rings. The van der Waals surface area contributed by atoms with Crippen LogP contribution in [0.1, 0.15) is 17.5 Å². The van der Waals surface area contributed by atoms with Gasteiger partial charge in [-0.25, -0.2) is 0 Å². The first kappa shape index (κ1) is 17.2. The number of nitrogens with one attached hydrogen (secondary N) is 1. The second kappa shape index (κ2) is 9.77. The summed E-state index contributed by atoms with van der Waals surface area (Å²) in [5.41, 5.74) is 2.14. The lowest BCUT2D eigenvalue weighted by molar-refractivity contribution is -0.123. The van der Waals surface area contributed by atoms with E-state index in [4.69, 9.17) is 4.74 Å². The zero-order valence-electron chi connectivity index (χ0n) is 13.2. The van der Waals surface area contributed by atoms with Gasteiger partial charge in [-0.1, -0.05) is 60.7 Å². The summed E-state index contributed by atoms with van der Waals surface area (Å²) in [6, 6.07) is 19.6. The molecule has 122 valence electrons. The standard InChI is InChI=1S/C19H23NO3/c21-13-18(15-23-14-17-9-5-2-6-10-17)11-19(22)20-12-16-7-3-1-4-8-16/h1-10,18,21H,11-15H2,(H,20,22)/t18-/m0/s1. The molecular formula is C19H23NO3. The molecule has 2 N–H and O–H groups in total. The molecule has 0 spiro atoms. The molecule has 4 heteroatoms. The zero-order chi connectivity index (χ0) is 16.3. The van der Waals surface area contributed by atoms with E-state index in [0.717, 1.165) is 11.1 Å². The molecule has 0 aliphatic carbocycles. The molecule has 0 aliphatic heterocycles. The van der Waals surface area contributed by atoms with Crippen molar-refractivity contribution in [3.05, 3.63) is 71.8 Å². The van der Waals surface area contributed by atoms with Crippen LogP contribution in [0, 0.1) is 5.92 Å². The summed E-state index contributed by atoms with van der Waals surface area (Å²) in [5, 5.41) is 12.3. The molecule has 0 bridgehead atoms. The summed E-state index contributed by atoms with van der Waals surface area (Å²) in [5.74, 6) is -0.259. The Morgan fingerprint density at radius 1 is 1.00 bits per heavy atom. The molecule has 0 heterocycles. The molecule has 0 aromatic heterocycles. The Kier molecular flexibility index (Phi) is 7.30. The van der Waals surface area contributed by atoms with Gasteiger partial charge in [-0.15, -0.1) is 0 Å². The quantitative estimate of drug-likeness (QED) is 0.748. The molecule has 0 saturated carbocycles. The van der Waals surface area contributed by atoms with E-state index >= 15 is 0 Å². The summed E-state index contributed by atoms with van der Waals surface area (Å²) in [6.07, 6.45) is 0.262. The van der Waals surface area contributed by atoms with Crippen LogP contribution in [0.3, 0.4) is 0 Å². The van der Waals surface area contributed by atoms with Crippen molar-refractivity contribution in [1.82, 2.24) is 5.32 Å². The molecule has 0 radical (unpaired) electrons. The average Bonchev–Trinajstić information content (AvgIpc) is 2.61. The van der Waals surface area contributed by atoms with Crippen LogP contribution < -0.4 is 5.32 Å². The van der Waals surface area contributed by atoms with Crippen LogP contribution in [0.15, 0.2) is 60.7 Å². The Balaban J connectivity index is 1.68. The number of benzene rings is 2. The summed E-state index contributed by atoms with van der Waals surface area (Å²) >= 11 is 0. The number of carbonyl (C=O) groups is 1. The van der Waals surface area contributed by atoms with E-state index < -0.39 is 0 Å². The summed E-state index contributed by atoms with van der Waals surface area (Å²) in [7, 11) is 0. The van der Waals surface area contributed by atoms with Gasteiger partial charge in [0, 0.05) is 25.5 Å². The van der Waals surface area contributed by atoms with Gasteiger partial charge in [-0.05, 0) is 11.1 Å². The second-order valence-corrected chi connectivity index (χ2v) is 5.52. The molecule has 0 fully saturated rings. The first-order valence-electron chi connectivity index (χ1n) is 7.81. The number of hydrogen-bond donors (Lipinski definition) is 2. The van der Waals surface area contributed by atoms with Crippen LogP contribution in [0.4, 0.5) is 0 Å². The van der Waals surface area contributed by atoms with E-state index in [1.807, 2.05) is 60.7 Å². The molecule has 2 aromatic carbocycles. The second-order valence-electron chi connectivity index (χ2n) is 5.52. The highest BCUT2D eigenvalue weighted by atomic mass is 16.5. The fraction of sp³-hybridized carbons (Fsp3) is 0.316. The topological polar surface area (TPSA) is 58.6 Å². The smallest absolute Gasteiger partial charge is 0.220 e. The fourth-order valence-electron chi connectivity index (χ4n) is 2.22. The molecular weight excluding hydrogens is 290 g/mol. The van der Waals surface area contributed by atoms with Crippen LogP contribution >= 0.6 is 0 Å². The van der Waals surface area contributed by atoms with Crippen molar-refractivity contribution < 1.29 is 14.6 Å². The Labute approximate surface area is 137 Å². The van der Waals surface area contributed by atoms with E-state index in [0.29, 0.717) is 19.8 Å². The van der Waals surface area contributed by atoms with Crippen molar-refractivity contribution in [2.45, 2.75) is 19.6 Å². The highest BCUT2D eigenvalue weighted by Gasteiger charge is 2.13. The van der Waals surface area contributed by atoms with Gasteiger partial charge < -0.3 is 15.2 Å². The predicted octanol–water partition coefficient (Wildman–Crippen LogP) is 2.52. The van der Waals surface area contributed by atoms with Gasteiger partial charge in [0.2, 0.25) is 5.91 Å². The monoisotopic (exact) mass is 313 g/mol. The van der Waals surface area contributed by atoms with Crippen LogP contribution in [0.5, 0.6) is 0 Å². The van der Waals surface area contributed by atoms with Crippen LogP contribution in [0.2, 0.25) is 0 Å². The molecule has 2 rings (SSSR count). The Morgan fingerprint density at radius 3 is 2.22 bits per heavy atom. The van der Waals surface area contributed by atoms with Gasteiger partial charge in [-0.3, -0.25) is 4.79 Å². The van der Waals surface area contributed by atoms with E-state index in [-0.39, 0.29) is 24.9 Å². The molecule has 0 unspecified atom stereocenters. The van der Waals surface area contributed by atoms with Gasteiger partial charge in [0.05, 0.1) is 13.2 Å². The van der Waals surface area contributed by atoms with Crippen molar-refractivity contribution in [2.24, 2.45) is 5.92 Å². The maximum atomic E-state index is 11.9. The number of aliphatic hydroxyl groups excluding tert-OH is 1. The summed E-state index contributed by atoms with van der Waals surface area (Å²) < 4.78 is 5.60. The van der Waals surface area contributed by atoms with E-state index in [2.05, 4.69) is 5.32 Å². The molecule has 4 nitrogen and oxygen atoms in total. The van der Waals surface area contributed by atoms with Crippen LogP contribution in [-0.2, 0) is 22.7 Å². The van der Waals surface area contributed by atoms with Gasteiger partial charge in [0.15, 0.2) is 0 Å². The van der Waals surface area contributed by atoms with Crippen LogP contribution in [-0.4, -0.2) is 24.2 Å². The summed E-state index contributed by atoms with van der Waals surface area (Å²) in [6.45, 7) is 1.30. The number of rotatable bonds is 9. The van der Waals surface area contributed by atoms with Crippen molar-refractivity contribution in [2.75, 3.05) is 13.2 Å². The third-order valence-corrected chi connectivity index (χ3v) is 3.53. The highest BCUT2D eigenvalue weighted by Crippen LogP contribution is 2.07. The minimum absolute atomic E-state index is 0.0620. The SMILES string of the molecule is O=C(C[C@@H](CO)COCc1ccccc1)NCc1ccccc1. The Hall–Kier alpha value is -2.17. The first-order chi connectivity index (χ1) is 11.3. The molecule has 23 heavy (non-hydrogen) atoms. The molecule has 1 atom stereocenters. The van der Waals surface area contributed by atoms with Gasteiger partial charge in [-0.2, -0.15) is 0 Å².